The van der Waals surface area contributed by atoms with Crippen molar-refractivity contribution >= 4 is 23.4 Å². The molecule has 3 heterocycles. The molecule has 3 aliphatic rings. The van der Waals surface area contributed by atoms with Crippen LogP contribution in [0.2, 0.25) is 0 Å². The molecule has 52 heavy (non-hydrogen) atoms. The van der Waals surface area contributed by atoms with Crippen LogP contribution in [0.3, 0.4) is 0 Å². The van der Waals surface area contributed by atoms with Crippen LogP contribution in [-0.4, -0.2) is 170 Å². The average molecular weight is 749 g/mol. The third kappa shape index (κ3) is 9.66. The fraction of sp³-hybridized carbons (Fsp3) is 0.700. The summed E-state index contributed by atoms with van der Waals surface area (Å²) in [7, 11) is 0. The van der Waals surface area contributed by atoms with Gasteiger partial charge in [-0.15, -0.1) is 0 Å². The van der Waals surface area contributed by atoms with Crippen molar-refractivity contribution in [1.82, 2.24) is 16.0 Å². The Labute approximate surface area is 295 Å². The zero-order valence-corrected chi connectivity index (χ0v) is 28.2. The Hall–Kier alpha value is -3.65. The van der Waals surface area contributed by atoms with Crippen LogP contribution in [-0.2, 0) is 38.1 Å². The number of aliphatic hydroxyl groups excluding tert-OH is 7. The molecule has 4 rings (SSSR count). The van der Waals surface area contributed by atoms with Crippen LogP contribution in [0.5, 0.6) is 5.75 Å². The topological polar surface area (TPSA) is 327 Å². The molecule has 10 N–H and O–H groups in total. The molecule has 15 atom stereocenters. The van der Waals surface area contributed by atoms with Gasteiger partial charge in [-0.3, -0.25) is 24.5 Å². The quantitative estimate of drug-likeness (QED) is 0.0666. The predicted octanol–water partition coefficient (Wildman–Crippen LogP) is -5.15. The number of rotatable bonds is 13. The zero-order chi connectivity index (χ0) is 38.4. The molecule has 3 saturated heterocycles. The highest BCUT2D eigenvalue weighted by Gasteiger charge is 2.53. The molecule has 22 nitrogen and oxygen atoms in total. The van der Waals surface area contributed by atoms with Gasteiger partial charge >= 0.3 is 0 Å². The van der Waals surface area contributed by atoms with Crippen molar-refractivity contribution < 1.29 is 83.5 Å². The maximum absolute atomic E-state index is 12.5. The summed E-state index contributed by atoms with van der Waals surface area (Å²) >= 11 is 0. The van der Waals surface area contributed by atoms with Gasteiger partial charge in [0, 0.05) is 32.9 Å². The first-order valence-corrected chi connectivity index (χ1v) is 16.1. The first-order chi connectivity index (χ1) is 24.6. The molecule has 3 amide bonds. The summed E-state index contributed by atoms with van der Waals surface area (Å²) in [6.45, 7) is 1.17. The summed E-state index contributed by atoms with van der Waals surface area (Å²) in [5.41, 5.74) is -0.273. The van der Waals surface area contributed by atoms with Crippen molar-refractivity contribution in [1.29, 1.82) is 0 Å². The first kappa shape index (κ1) is 41.1. The second kappa shape index (κ2) is 17.9. The average Bonchev–Trinajstić information content (AvgIpc) is 3.08. The van der Waals surface area contributed by atoms with Crippen LogP contribution in [0.15, 0.2) is 24.3 Å². The van der Waals surface area contributed by atoms with Gasteiger partial charge in [-0.2, -0.15) is 0 Å². The van der Waals surface area contributed by atoms with Gasteiger partial charge in [-0.1, -0.05) is 0 Å². The number of nitro groups is 1. The van der Waals surface area contributed by atoms with Crippen molar-refractivity contribution in [2.45, 2.75) is 113 Å². The summed E-state index contributed by atoms with van der Waals surface area (Å²) in [6, 6.07) is 0.425. The van der Waals surface area contributed by atoms with Gasteiger partial charge in [0.1, 0.15) is 78.8 Å². The van der Waals surface area contributed by atoms with E-state index in [4.69, 9.17) is 28.4 Å². The van der Waals surface area contributed by atoms with Crippen molar-refractivity contribution in [3.8, 4) is 5.75 Å². The molecule has 0 aliphatic carbocycles. The van der Waals surface area contributed by atoms with E-state index in [-0.39, 0.29) is 11.4 Å². The second-order valence-electron chi connectivity index (χ2n) is 12.4. The summed E-state index contributed by atoms with van der Waals surface area (Å²) in [5.74, 6) is -2.00. The molecule has 0 radical (unpaired) electrons. The molecular weight excluding hydrogens is 704 g/mol. The van der Waals surface area contributed by atoms with Gasteiger partial charge in [-0.05, 0) is 12.1 Å². The highest BCUT2D eigenvalue weighted by Crippen LogP contribution is 2.32. The second-order valence-corrected chi connectivity index (χ2v) is 12.4. The fourth-order valence-corrected chi connectivity index (χ4v) is 6.03. The van der Waals surface area contributed by atoms with E-state index in [0.717, 1.165) is 32.9 Å². The molecule has 22 heteroatoms. The standard InChI is InChI=1S/C30H44N4O18/c1-11(37)31-19-25(43)22(40)16(8-35)49-28(19)47-10-18-24(42)27(52-29-20(32-12(2)38)26(44)23(41)17(9-36)50-29)21(33-13(3)39)30(51-18)48-15-6-4-14(5-7-15)34(45)46/h4-7,16-30,35-36,40-44H,8-10H2,1-3H3,(H,31,37)(H,32,38)(H,33,39)/t16?,17?,18?,19?,20?,21?,22-,23-,24+,25?,26?,27?,28-,29+,30+/m1/s1. The molecule has 0 bridgehead atoms. The van der Waals surface area contributed by atoms with Crippen LogP contribution in [0.1, 0.15) is 20.8 Å². The maximum atomic E-state index is 12.5. The Bertz CT molecular complexity index is 1390. The summed E-state index contributed by atoms with van der Waals surface area (Å²) in [5, 5.41) is 92.1. The number of hydrogen-bond acceptors (Lipinski definition) is 18. The van der Waals surface area contributed by atoms with E-state index in [1.54, 1.807) is 0 Å². The minimum atomic E-state index is -1.81. The lowest BCUT2D eigenvalue weighted by atomic mass is 9.94. The number of hydrogen-bond donors (Lipinski definition) is 10. The molecule has 1 aromatic carbocycles. The van der Waals surface area contributed by atoms with Gasteiger partial charge < -0.3 is 80.1 Å². The van der Waals surface area contributed by atoms with Gasteiger partial charge in [0.25, 0.3) is 5.69 Å². The third-order valence-electron chi connectivity index (χ3n) is 8.56. The van der Waals surface area contributed by atoms with Crippen LogP contribution >= 0.6 is 0 Å². The highest BCUT2D eigenvalue weighted by atomic mass is 16.7. The SMILES string of the molecule is CC(=O)NC1C(O)[C@H](O)C(CO)O[C@H]1OCC1O[C@H](Oc2ccc([N+](=O)[O-])cc2)C(NC(C)=O)C(O[C@@H]2OC(CO)[C@@H](O)C(O)C2NC(C)=O)[C@H]1O. The van der Waals surface area contributed by atoms with Crippen LogP contribution in [0.4, 0.5) is 5.69 Å². The monoisotopic (exact) mass is 748 g/mol. The molecule has 9 unspecified atom stereocenters. The summed E-state index contributed by atoms with van der Waals surface area (Å²) in [4.78, 5) is 47.0. The van der Waals surface area contributed by atoms with Crippen LogP contribution < -0.4 is 20.7 Å². The number of carbonyl (C=O) groups excluding carboxylic acids is 3. The number of carbonyl (C=O) groups is 3. The number of nitrogens with zero attached hydrogens (tertiary/aromatic N) is 1. The molecule has 0 saturated carbocycles. The number of aliphatic hydroxyl groups is 7. The van der Waals surface area contributed by atoms with E-state index in [0.29, 0.717) is 0 Å². The molecular formula is C30H44N4O18. The lowest BCUT2D eigenvalue weighted by molar-refractivity contribution is -0.384. The molecule has 3 fully saturated rings. The molecule has 292 valence electrons. The molecule has 3 aliphatic heterocycles. The largest absolute Gasteiger partial charge is 0.463 e. The predicted molar refractivity (Wildman–Crippen MR) is 168 cm³/mol. The van der Waals surface area contributed by atoms with Crippen molar-refractivity contribution in [2.24, 2.45) is 0 Å². The minimum absolute atomic E-state index is 0.00563. The molecule has 1 aromatic rings. The van der Waals surface area contributed by atoms with E-state index in [2.05, 4.69) is 16.0 Å². The van der Waals surface area contributed by atoms with Crippen molar-refractivity contribution in [2.75, 3.05) is 19.8 Å². The number of amides is 3. The Morgan fingerprint density at radius 2 is 1.15 bits per heavy atom. The van der Waals surface area contributed by atoms with E-state index >= 15 is 0 Å². The van der Waals surface area contributed by atoms with E-state index in [1.807, 2.05) is 0 Å². The number of non-ortho nitro benzene ring substituents is 1. The number of ether oxygens (including phenoxy) is 6. The van der Waals surface area contributed by atoms with Crippen LogP contribution in [0, 0.1) is 10.1 Å². The normalized spacial score (nSPS) is 37.8. The van der Waals surface area contributed by atoms with E-state index < -0.39 is 134 Å². The lowest BCUT2D eigenvalue weighted by Gasteiger charge is -2.48. The van der Waals surface area contributed by atoms with Crippen LogP contribution in [0.25, 0.3) is 0 Å². The van der Waals surface area contributed by atoms with Crippen molar-refractivity contribution in [3.63, 3.8) is 0 Å². The van der Waals surface area contributed by atoms with Gasteiger partial charge in [0.05, 0.1) is 24.7 Å². The lowest BCUT2D eigenvalue weighted by Crippen LogP contribution is -2.70. The Morgan fingerprint density at radius 3 is 1.63 bits per heavy atom. The minimum Gasteiger partial charge on any atom is -0.463 e. The van der Waals surface area contributed by atoms with Crippen molar-refractivity contribution in [3.05, 3.63) is 34.4 Å². The Balaban J connectivity index is 1.70. The highest BCUT2D eigenvalue weighted by molar-refractivity contribution is 5.74. The maximum Gasteiger partial charge on any atom is 0.269 e. The number of nitro benzene ring substituents is 1. The Kier molecular flexibility index (Phi) is 14.2. The fourth-order valence-electron chi connectivity index (χ4n) is 6.03. The molecule has 0 spiro atoms. The third-order valence-corrected chi connectivity index (χ3v) is 8.56. The number of nitrogens with one attached hydrogen (secondary N) is 3. The zero-order valence-electron chi connectivity index (χ0n) is 28.2. The molecule has 0 aromatic heterocycles. The van der Waals surface area contributed by atoms with E-state index in [1.165, 1.54) is 12.1 Å². The first-order valence-electron chi connectivity index (χ1n) is 16.1. The van der Waals surface area contributed by atoms with E-state index in [9.17, 15) is 60.2 Å². The summed E-state index contributed by atoms with van der Waals surface area (Å²) < 4.78 is 35.2. The van der Waals surface area contributed by atoms with Gasteiger partial charge in [0.2, 0.25) is 24.0 Å². The smallest absolute Gasteiger partial charge is 0.269 e. The Morgan fingerprint density at radius 1 is 0.692 bits per heavy atom. The van der Waals surface area contributed by atoms with Gasteiger partial charge in [-0.25, -0.2) is 0 Å². The summed E-state index contributed by atoms with van der Waals surface area (Å²) in [6.07, 6.45) is -19.3. The number of benzene rings is 1. The van der Waals surface area contributed by atoms with Gasteiger partial charge in [0.15, 0.2) is 12.6 Å².